The number of allylic oxidation sites excluding steroid dienone is 14. The lowest BCUT2D eigenvalue weighted by Crippen LogP contribution is -2.34. The van der Waals surface area contributed by atoms with Gasteiger partial charge in [0.25, 0.3) is 0 Å². The summed E-state index contributed by atoms with van der Waals surface area (Å²) in [4.78, 5) is 33.6. The third-order valence-electron chi connectivity index (χ3n) is 9.16. The van der Waals surface area contributed by atoms with Gasteiger partial charge in [-0.2, -0.15) is 0 Å². The number of esters is 1. The summed E-state index contributed by atoms with van der Waals surface area (Å²) >= 11 is 0. The number of aliphatic carboxylic acids is 1. The molecule has 0 fully saturated rings. The molecule has 0 aromatic rings. The zero-order valence-electron chi connectivity index (χ0n) is 36.8. The van der Waals surface area contributed by atoms with E-state index in [-0.39, 0.29) is 13.0 Å². The van der Waals surface area contributed by atoms with Crippen LogP contribution in [0.15, 0.2) is 85.1 Å². The summed E-state index contributed by atoms with van der Waals surface area (Å²) < 4.78 is 33.4. The molecule has 3 atom stereocenters. The first kappa shape index (κ1) is 56.1. The predicted octanol–water partition coefficient (Wildman–Crippen LogP) is 12.8. The third kappa shape index (κ3) is 43.1. The van der Waals surface area contributed by atoms with Crippen LogP contribution in [-0.2, 0) is 32.7 Å². The van der Waals surface area contributed by atoms with Crippen molar-refractivity contribution in [3.63, 3.8) is 0 Å². The van der Waals surface area contributed by atoms with Gasteiger partial charge in [-0.1, -0.05) is 157 Å². The fourth-order valence-corrected chi connectivity index (χ4v) is 6.44. The molecule has 0 amide bonds. The second-order valence-corrected chi connectivity index (χ2v) is 16.2. The van der Waals surface area contributed by atoms with Crippen LogP contribution >= 0.6 is 7.82 Å². The molecule has 338 valence electrons. The number of ether oxygens (including phenoxy) is 2. The van der Waals surface area contributed by atoms with E-state index in [0.717, 1.165) is 96.3 Å². The van der Waals surface area contributed by atoms with E-state index < -0.39 is 45.1 Å². The number of carboxylic acids is 1. The van der Waals surface area contributed by atoms with Crippen molar-refractivity contribution in [2.24, 2.45) is 5.73 Å². The van der Waals surface area contributed by atoms with Crippen LogP contribution in [0, 0.1) is 0 Å². The molecule has 0 aliphatic carbocycles. The van der Waals surface area contributed by atoms with E-state index in [1.807, 2.05) is 0 Å². The summed E-state index contributed by atoms with van der Waals surface area (Å²) in [5.41, 5.74) is 5.36. The van der Waals surface area contributed by atoms with Gasteiger partial charge in [-0.3, -0.25) is 18.6 Å². The van der Waals surface area contributed by atoms with Gasteiger partial charge in [-0.25, -0.2) is 4.57 Å². The fraction of sp³-hybridized carbons (Fsp3) is 0.667. The molecule has 0 heterocycles. The topological polar surface area (TPSA) is 155 Å². The molecule has 0 spiro atoms. The number of carboxylic acid groups (broad SMARTS) is 1. The predicted molar refractivity (Wildman–Crippen MR) is 244 cm³/mol. The van der Waals surface area contributed by atoms with Crippen LogP contribution < -0.4 is 5.73 Å². The first-order valence-electron chi connectivity index (χ1n) is 22.6. The molecule has 0 bridgehead atoms. The first-order chi connectivity index (χ1) is 28.7. The molecule has 0 aliphatic rings. The molecule has 11 heteroatoms. The third-order valence-corrected chi connectivity index (χ3v) is 10.1. The number of hydrogen-bond acceptors (Lipinski definition) is 8. The summed E-state index contributed by atoms with van der Waals surface area (Å²) in [6.07, 6.45) is 54.8. The monoisotopic (exact) mass is 848 g/mol. The molecule has 0 saturated carbocycles. The van der Waals surface area contributed by atoms with E-state index in [4.69, 9.17) is 29.4 Å². The van der Waals surface area contributed by atoms with Gasteiger partial charge >= 0.3 is 19.8 Å². The van der Waals surface area contributed by atoms with Crippen LogP contribution in [0.25, 0.3) is 0 Å². The average molecular weight is 848 g/mol. The van der Waals surface area contributed by atoms with E-state index in [2.05, 4.69) is 98.9 Å². The van der Waals surface area contributed by atoms with Gasteiger partial charge in [0.1, 0.15) is 12.1 Å². The largest absolute Gasteiger partial charge is 0.480 e. The van der Waals surface area contributed by atoms with Crippen molar-refractivity contribution in [2.75, 3.05) is 26.4 Å². The van der Waals surface area contributed by atoms with Crippen LogP contribution in [-0.4, -0.2) is 60.5 Å². The summed E-state index contributed by atoms with van der Waals surface area (Å²) in [5, 5.41) is 8.90. The van der Waals surface area contributed by atoms with Crippen LogP contribution in [0.1, 0.15) is 168 Å². The molecule has 0 rings (SSSR count). The lowest BCUT2D eigenvalue weighted by Gasteiger charge is -2.20. The Hall–Kier alpha value is -2.85. The number of phosphoric acid groups is 1. The van der Waals surface area contributed by atoms with Gasteiger partial charge in [0.15, 0.2) is 0 Å². The molecule has 59 heavy (non-hydrogen) atoms. The highest BCUT2D eigenvalue weighted by Crippen LogP contribution is 2.43. The van der Waals surface area contributed by atoms with Crippen LogP contribution in [0.5, 0.6) is 0 Å². The average Bonchev–Trinajstić information content (AvgIpc) is 3.21. The maximum atomic E-state index is 12.7. The number of carbonyl (C=O) groups is 2. The Morgan fingerprint density at radius 1 is 0.559 bits per heavy atom. The molecular weight excluding hydrogens is 766 g/mol. The molecule has 3 unspecified atom stereocenters. The zero-order valence-corrected chi connectivity index (χ0v) is 37.7. The Labute approximate surface area is 358 Å². The van der Waals surface area contributed by atoms with Crippen molar-refractivity contribution < 1.29 is 42.7 Å². The Balaban J connectivity index is 4.30. The lowest BCUT2D eigenvalue weighted by atomic mass is 10.1. The van der Waals surface area contributed by atoms with Crippen molar-refractivity contribution in [1.29, 1.82) is 0 Å². The lowest BCUT2D eigenvalue weighted by molar-refractivity contribution is -0.154. The van der Waals surface area contributed by atoms with Crippen LogP contribution in [0.2, 0.25) is 0 Å². The zero-order chi connectivity index (χ0) is 43.3. The Morgan fingerprint density at radius 3 is 1.47 bits per heavy atom. The summed E-state index contributed by atoms with van der Waals surface area (Å²) in [6.45, 7) is 3.68. The van der Waals surface area contributed by atoms with Crippen molar-refractivity contribution >= 4 is 19.8 Å². The first-order valence-corrected chi connectivity index (χ1v) is 24.1. The maximum absolute atomic E-state index is 12.7. The Morgan fingerprint density at radius 2 is 0.983 bits per heavy atom. The Bertz CT molecular complexity index is 1260. The van der Waals surface area contributed by atoms with Gasteiger partial charge in [-0.15, -0.1) is 0 Å². The SMILES string of the molecule is CC/C=C\C/C=C\C/C=C\C/C=C\C/C=C\CCCCCCCC(=O)OC(COCCCCCCCC/C=C\C/C=C\CCCCC)COP(=O)(O)OCC(N)C(=O)O. The molecule has 0 aliphatic heterocycles. The van der Waals surface area contributed by atoms with Gasteiger partial charge in [0, 0.05) is 13.0 Å². The van der Waals surface area contributed by atoms with Crippen LogP contribution in [0.4, 0.5) is 0 Å². The van der Waals surface area contributed by atoms with Crippen molar-refractivity contribution in [3.8, 4) is 0 Å². The van der Waals surface area contributed by atoms with Crippen molar-refractivity contribution in [1.82, 2.24) is 0 Å². The molecule has 0 saturated heterocycles. The van der Waals surface area contributed by atoms with E-state index in [1.165, 1.54) is 44.9 Å². The standard InChI is InChI=1S/C48H82NO9P/c1-3-5-7-9-11-13-15-17-19-21-22-23-24-25-26-28-30-32-34-36-38-40-47(50)58-45(43-56-59(53,54)57-44-46(49)48(51)52)42-55-41-39-37-35-33-31-29-27-20-18-16-14-12-10-8-6-4-2/h5,7,11-14,17-20,22-23,25-26,45-46H,3-4,6,8-10,15-16,21,24,27-44,49H2,1-2H3,(H,51,52)(H,53,54)/b7-5-,13-11-,14-12-,19-17-,20-18-,23-22-,26-25-. The molecule has 4 N–H and O–H groups in total. The molecule has 0 radical (unpaired) electrons. The fourth-order valence-electron chi connectivity index (χ4n) is 5.66. The number of rotatable bonds is 42. The smallest absolute Gasteiger partial charge is 0.472 e. The molecule has 0 aromatic carbocycles. The highest BCUT2D eigenvalue weighted by Gasteiger charge is 2.27. The second-order valence-electron chi connectivity index (χ2n) is 14.8. The van der Waals surface area contributed by atoms with Gasteiger partial charge in [0.05, 0.1) is 19.8 Å². The minimum atomic E-state index is -4.63. The molecular formula is C48H82NO9P. The summed E-state index contributed by atoms with van der Waals surface area (Å²) in [7, 11) is -4.63. The highest BCUT2D eigenvalue weighted by molar-refractivity contribution is 7.47. The molecule has 10 nitrogen and oxygen atoms in total. The van der Waals surface area contributed by atoms with E-state index >= 15 is 0 Å². The summed E-state index contributed by atoms with van der Waals surface area (Å²) in [6, 6.07) is -1.48. The maximum Gasteiger partial charge on any atom is 0.472 e. The number of nitrogens with two attached hydrogens (primary N) is 1. The van der Waals surface area contributed by atoms with Crippen LogP contribution in [0.3, 0.4) is 0 Å². The molecule has 0 aromatic heterocycles. The Kier molecular flexibility index (Phi) is 41.2. The van der Waals surface area contributed by atoms with Gasteiger partial charge in [0.2, 0.25) is 0 Å². The second kappa shape index (κ2) is 43.2. The number of hydrogen-bond donors (Lipinski definition) is 3. The minimum Gasteiger partial charge on any atom is -0.480 e. The summed E-state index contributed by atoms with van der Waals surface area (Å²) in [5.74, 6) is -1.81. The van der Waals surface area contributed by atoms with Crippen molar-refractivity contribution in [2.45, 2.75) is 180 Å². The van der Waals surface area contributed by atoms with Gasteiger partial charge in [-0.05, 0) is 89.9 Å². The van der Waals surface area contributed by atoms with E-state index in [1.54, 1.807) is 0 Å². The minimum absolute atomic E-state index is 0.00353. The quantitative estimate of drug-likeness (QED) is 0.0234. The normalized spacial score (nSPS) is 14.6. The highest BCUT2D eigenvalue weighted by atomic mass is 31.2. The van der Waals surface area contributed by atoms with E-state index in [0.29, 0.717) is 13.0 Å². The number of phosphoric ester groups is 1. The number of unbranched alkanes of at least 4 members (excludes halogenated alkanes) is 14. The number of carbonyl (C=O) groups excluding carboxylic acids is 1. The van der Waals surface area contributed by atoms with E-state index in [9.17, 15) is 19.0 Å². The van der Waals surface area contributed by atoms with Gasteiger partial charge < -0.3 is 25.2 Å². The van der Waals surface area contributed by atoms with Crippen molar-refractivity contribution in [3.05, 3.63) is 85.1 Å².